The second-order valence-corrected chi connectivity index (χ2v) is 12.2. The van der Waals surface area contributed by atoms with Gasteiger partial charge in [0.25, 0.3) is 5.91 Å². The van der Waals surface area contributed by atoms with Crippen molar-refractivity contribution >= 4 is 49.6 Å². The molecule has 48 heavy (non-hydrogen) atoms. The van der Waals surface area contributed by atoms with Gasteiger partial charge in [0.15, 0.2) is 0 Å². The summed E-state index contributed by atoms with van der Waals surface area (Å²) in [4.78, 5) is 25.8. The van der Waals surface area contributed by atoms with Gasteiger partial charge in [-0.3, -0.25) is 23.3 Å². The van der Waals surface area contributed by atoms with Gasteiger partial charge in [-0.15, -0.1) is 0 Å². The van der Waals surface area contributed by atoms with Crippen LogP contribution in [0.15, 0.2) is 65.1 Å². The number of hydrogen-bond acceptors (Lipinski definition) is 12. The molecule has 0 aliphatic rings. The van der Waals surface area contributed by atoms with E-state index in [0.29, 0.717) is 28.7 Å². The zero-order chi connectivity index (χ0) is 35.4. The predicted octanol–water partition coefficient (Wildman–Crippen LogP) is 3.18. The second kappa shape index (κ2) is 14.1. The number of hydrogen-bond donors (Lipinski definition) is 4. The Morgan fingerprint density at radius 3 is 2.29 bits per heavy atom. The monoisotopic (exact) mass is 713 g/mol. The Morgan fingerprint density at radius 2 is 1.67 bits per heavy atom. The van der Waals surface area contributed by atoms with E-state index < -0.39 is 75.2 Å². The molecule has 21 heteroatoms. The van der Waals surface area contributed by atoms with Gasteiger partial charge in [-0.25, -0.2) is 18.3 Å². The van der Waals surface area contributed by atoms with Gasteiger partial charge in [-0.2, -0.15) is 35.1 Å². The van der Waals surface area contributed by atoms with Crippen LogP contribution >= 0.6 is 0 Å². The highest BCUT2D eigenvalue weighted by Gasteiger charge is 2.35. The van der Waals surface area contributed by atoms with Crippen LogP contribution in [0.2, 0.25) is 0 Å². The smallest absolute Gasteiger partial charge is 0.323 e. The molecule has 4 aromatic rings. The fourth-order valence-corrected chi connectivity index (χ4v) is 4.74. The van der Waals surface area contributed by atoms with E-state index in [-0.39, 0.29) is 11.3 Å². The number of alkyl halides is 3. The number of hydrazone groups is 1. The van der Waals surface area contributed by atoms with Gasteiger partial charge in [-0.05, 0) is 48.7 Å². The number of nitrogens with zero attached hydrogens (tertiary/aromatic N) is 5. The molecule has 1 amide bonds. The van der Waals surface area contributed by atoms with Gasteiger partial charge in [0.1, 0.15) is 18.9 Å². The summed E-state index contributed by atoms with van der Waals surface area (Å²) < 4.78 is 114. The van der Waals surface area contributed by atoms with Crippen LogP contribution in [-0.2, 0) is 41.9 Å². The van der Waals surface area contributed by atoms with Crippen molar-refractivity contribution in [2.45, 2.75) is 26.6 Å². The summed E-state index contributed by atoms with van der Waals surface area (Å²) in [5, 5.41) is 5.69. The first-order valence-corrected chi connectivity index (χ1v) is 16.0. The Labute approximate surface area is 271 Å². The molecule has 0 spiro atoms. The maximum absolute atomic E-state index is 14.2. The molecule has 16 nitrogen and oxygen atoms in total. The van der Waals surface area contributed by atoms with E-state index in [0.717, 1.165) is 17.7 Å². The third-order valence-electron chi connectivity index (χ3n) is 6.49. The molecular formula is C27H26F3N7O9S2. The Balaban J connectivity index is 1.62. The number of aliphatic imine (C=N–C) groups is 1. The lowest BCUT2D eigenvalue weighted by atomic mass is 10.0. The first kappa shape index (κ1) is 36.0. The topological polar surface area (TPSA) is 237 Å². The number of imidazole rings is 1. The molecule has 0 atom stereocenters. The number of halogens is 3. The zero-order valence-electron chi connectivity index (χ0n) is 24.8. The van der Waals surface area contributed by atoms with Crippen LogP contribution in [-0.4, -0.2) is 70.9 Å². The Morgan fingerprint density at radius 1 is 1.00 bits per heavy atom. The molecule has 0 saturated carbocycles. The van der Waals surface area contributed by atoms with Crippen molar-refractivity contribution < 1.29 is 52.3 Å². The van der Waals surface area contributed by atoms with Gasteiger partial charge in [0, 0.05) is 29.8 Å². The van der Waals surface area contributed by atoms with Gasteiger partial charge in [0.2, 0.25) is 5.78 Å². The lowest BCUT2D eigenvalue weighted by Gasteiger charge is -2.16. The minimum atomic E-state index is -5.07. The molecule has 2 aromatic carbocycles. The Kier molecular flexibility index (Phi) is 10.6. The van der Waals surface area contributed by atoms with Crippen molar-refractivity contribution in [2.24, 2.45) is 15.9 Å². The maximum Gasteiger partial charge on any atom is 0.417 e. The molecule has 0 aliphatic heterocycles. The third kappa shape index (κ3) is 9.62. The average molecular weight is 714 g/mol. The average Bonchev–Trinajstić information content (AvgIpc) is 3.41. The standard InChI is InChI=1S/C27H26F3N7O9S2/c1-15-9-33-26-35-22(12-37(26)11-15)18-5-3-16(2)21(8-18)34-25(38)19-6-4-17(7-20(19)27(28,29)30)10-32-23(13-45-47(39,40)41)24(36-31)14-46-48(42,43)44/h3-9,11-12H,10,13-14,31H2,1-2H3,(H,34,38)(H,39,40,41)(H,42,43,44)/b32-23?,36-24-. The van der Waals surface area contributed by atoms with E-state index in [2.05, 4.69) is 33.7 Å². The molecule has 4 rings (SSSR count). The zero-order valence-corrected chi connectivity index (χ0v) is 26.5. The van der Waals surface area contributed by atoms with E-state index in [1.165, 1.54) is 0 Å². The molecule has 0 fully saturated rings. The number of carbonyl (C=O) groups excluding carboxylic acids is 1. The molecule has 0 saturated heterocycles. The summed E-state index contributed by atoms with van der Waals surface area (Å²) in [5.41, 5.74) is -0.620. The molecule has 256 valence electrons. The van der Waals surface area contributed by atoms with Crippen molar-refractivity contribution in [3.8, 4) is 11.3 Å². The van der Waals surface area contributed by atoms with Gasteiger partial charge >= 0.3 is 27.0 Å². The van der Waals surface area contributed by atoms with Crippen molar-refractivity contribution in [1.29, 1.82) is 0 Å². The highest BCUT2D eigenvalue weighted by molar-refractivity contribution is 7.81. The van der Waals surface area contributed by atoms with Crippen LogP contribution < -0.4 is 11.2 Å². The number of nitrogens with one attached hydrogen (secondary N) is 1. The Bertz CT molecular complexity index is 2150. The van der Waals surface area contributed by atoms with Crippen molar-refractivity contribution in [3.05, 3.63) is 82.8 Å². The van der Waals surface area contributed by atoms with Gasteiger partial charge in [-0.1, -0.05) is 18.2 Å². The van der Waals surface area contributed by atoms with Crippen LogP contribution in [0, 0.1) is 13.8 Å². The van der Waals surface area contributed by atoms with Gasteiger partial charge < -0.3 is 11.2 Å². The van der Waals surface area contributed by atoms with Crippen LogP contribution in [0.1, 0.15) is 32.6 Å². The van der Waals surface area contributed by atoms with Crippen LogP contribution in [0.3, 0.4) is 0 Å². The molecular weight excluding hydrogens is 687 g/mol. The molecule has 2 heterocycles. The van der Waals surface area contributed by atoms with E-state index in [1.54, 1.807) is 41.9 Å². The number of rotatable bonds is 12. The number of fused-ring (bicyclic) bond motifs is 1. The molecule has 0 bridgehead atoms. The summed E-state index contributed by atoms with van der Waals surface area (Å²) in [6.45, 7) is 0.710. The molecule has 5 N–H and O–H groups in total. The largest absolute Gasteiger partial charge is 0.417 e. The summed E-state index contributed by atoms with van der Waals surface area (Å²) in [7, 11) is -10.1. The number of benzene rings is 2. The molecule has 0 radical (unpaired) electrons. The van der Waals surface area contributed by atoms with Crippen LogP contribution in [0.4, 0.5) is 18.9 Å². The lowest BCUT2D eigenvalue weighted by molar-refractivity contribution is -0.137. The fourth-order valence-electron chi connectivity index (χ4n) is 4.22. The summed E-state index contributed by atoms with van der Waals surface area (Å²) in [6.07, 6.45) is 0.169. The van der Waals surface area contributed by atoms with Crippen LogP contribution in [0.5, 0.6) is 0 Å². The first-order valence-electron chi connectivity index (χ1n) is 13.3. The highest BCUT2D eigenvalue weighted by Crippen LogP contribution is 2.34. The minimum Gasteiger partial charge on any atom is -0.323 e. The number of anilines is 1. The summed E-state index contributed by atoms with van der Waals surface area (Å²) in [5.74, 6) is 4.52. The molecule has 2 aromatic heterocycles. The SMILES string of the molecule is Cc1cnc2nc(-c3ccc(C)c(NC(=O)c4ccc(CN=C(COS(=O)(=O)O)/C(COS(=O)(=O)O)=N\N)cc4C(F)(F)F)c3)cn2c1. The second-order valence-electron chi connectivity index (χ2n) is 10.0. The number of carbonyl (C=O) groups is 1. The third-order valence-corrected chi connectivity index (χ3v) is 7.32. The summed E-state index contributed by atoms with van der Waals surface area (Å²) in [6, 6.07) is 7.65. The van der Waals surface area contributed by atoms with E-state index in [1.807, 2.05) is 13.1 Å². The fraction of sp³-hybridized carbons (Fsp3) is 0.222. The van der Waals surface area contributed by atoms with E-state index in [4.69, 9.17) is 14.9 Å². The highest BCUT2D eigenvalue weighted by atomic mass is 32.3. The van der Waals surface area contributed by atoms with Crippen molar-refractivity contribution in [3.63, 3.8) is 0 Å². The normalized spacial score (nSPS) is 13.2. The van der Waals surface area contributed by atoms with E-state index in [9.17, 15) is 34.8 Å². The predicted molar refractivity (Wildman–Crippen MR) is 165 cm³/mol. The number of amides is 1. The maximum atomic E-state index is 14.2. The molecule has 0 unspecified atom stereocenters. The quantitative estimate of drug-likeness (QED) is 0.0717. The minimum absolute atomic E-state index is 0.149. The first-order chi connectivity index (χ1) is 22.3. The number of aromatic nitrogens is 3. The summed E-state index contributed by atoms with van der Waals surface area (Å²) >= 11 is 0. The molecule has 0 aliphatic carbocycles. The van der Waals surface area contributed by atoms with Crippen molar-refractivity contribution in [2.75, 3.05) is 18.5 Å². The Hall–Kier alpha value is -4.80. The van der Waals surface area contributed by atoms with E-state index >= 15 is 0 Å². The van der Waals surface area contributed by atoms with Crippen molar-refractivity contribution in [1.82, 2.24) is 14.4 Å². The van der Waals surface area contributed by atoms with Gasteiger partial charge in [0.05, 0.1) is 29.1 Å². The number of aryl methyl sites for hydroxylation is 2. The van der Waals surface area contributed by atoms with Crippen LogP contribution in [0.25, 0.3) is 17.0 Å². The number of nitrogens with two attached hydrogens (primary N) is 1. The lowest BCUT2D eigenvalue weighted by Crippen LogP contribution is -2.28.